The van der Waals surface area contributed by atoms with E-state index in [2.05, 4.69) is 20.6 Å². The highest BCUT2D eigenvalue weighted by molar-refractivity contribution is 6.06. The second-order valence-electron chi connectivity index (χ2n) is 5.50. The number of methoxy groups -OCH3 is 1. The second-order valence-corrected chi connectivity index (χ2v) is 5.50. The number of aromatic amines is 1. The molecule has 0 radical (unpaired) electrons. The summed E-state index contributed by atoms with van der Waals surface area (Å²) in [5.74, 6) is -1.13. The van der Waals surface area contributed by atoms with Gasteiger partial charge in [-0.05, 0) is 24.3 Å². The van der Waals surface area contributed by atoms with Gasteiger partial charge in [-0.3, -0.25) is 14.6 Å². The lowest BCUT2D eigenvalue weighted by Gasteiger charge is -2.14. The molecule has 130 valence electrons. The summed E-state index contributed by atoms with van der Waals surface area (Å²) in [6.45, 7) is 0. The standard InChI is InChI=1S/C16H17N5O4/c1-21-9(5-6-17-21)7-13(16(23)24)18-15(22)14-11-8-10(25-2)3-4-12(11)19-20-14/h3-6,8,13H,7H2,1-2H3,(H,18,22)(H,19,20)(H,23,24). The van der Waals surface area contributed by atoms with Gasteiger partial charge in [-0.15, -0.1) is 0 Å². The summed E-state index contributed by atoms with van der Waals surface area (Å²) in [6, 6.07) is 5.76. The molecule has 9 heteroatoms. The van der Waals surface area contributed by atoms with Crippen LogP contribution in [0, 0.1) is 0 Å². The molecule has 0 aliphatic heterocycles. The number of carbonyl (C=O) groups excluding carboxylic acids is 1. The number of aliphatic carboxylic acids is 1. The lowest BCUT2D eigenvalue weighted by atomic mass is 10.1. The van der Waals surface area contributed by atoms with Crippen LogP contribution in [-0.2, 0) is 18.3 Å². The van der Waals surface area contributed by atoms with E-state index in [1.54, 1.807) is 42.2 Å². The zero-order valence-corrected chi connectivity index (χ0v) is 13.7. The first-order chi connectivity index (χ1) is 12.0. The lowest BCUT2D eigenvalue weighted by Crippen LogP contribution is -2.42. The molecule has 3 rings (SSSR count). The molecule has 0 bridgehead atoms. The zero-order valence-electron chi connectivity index (χ0n) is 13.7. The van der Waals surface area contributed by atoms with Crippen molar-refractivity contribution in [3.63, 3.8) is 0 Å². The van der Waals surface area contributed by atoms with Crippen molar-refractivity contribution in [1.29, 1.82) is 0 Å². The maximum atomic E-state index is 12.5. The fourth-order valence-electron chi connectivity index (χ4n) is 2.53. The number of aryl methyl sites for hydroxylation is 1. The van der Waals surface area contributed by atoms with Gasteiger partial charge in [0, 0.05) is 30.7 Å². The number of carbonyl (C=O) groups is 2. The Balaban J connectivity index is 1.84. The number of rotatable bonds is 6. The number of amides is 1. The summed E-state index contributed by atoms with van der Waals surface area (Å²) in [6.07, 6.45) is 1.69. The number of hydrogen-bond acceptors (Lipinski definition) is 5. The van der Waals surface area contributed by atoms with E-state index in [4.69, 9.17) is 4.74 Å². The maximum Gasteiger partial charge on any atom is 0.326 e. The molecule has 2 heterocycles. The fraction of sp³-hybridized carbons (Fsp3) is 0.250. The molecule has 25 heavy (non-hydrogen) atoms. The Bertz CT molecular complexity index is 930. The van der Waals surface area contributed by atoms with Gasteiger partial charge >= 0.3 is 5.97 Å². The highest BCUT2D eigenvalue weighted by atomic mass is 16.5. The van der Waals surface area contributed by atoms with E-state index in [-0.39, 0.29) is 12.1 Å². The maximum absolute atomic E-state index is 12.5. The third-order valence-corrected chi connectivity index (χ3v) is 3.92. The molecule has 2 aromatic heterocycles. The molecular weight excluding hydrogens is 326 g/mol. The highest BCUT2D eigenvalue weighted by Gasteiger charge is 2.24. The minimum atomic E-state index is -1.13. The van der Waals surface area contributed by atoms with Crippen LogP contribution in [-0.4, -0.2) is 50.1 Å². The van der Waals surface area contributed by atoms with Crippen molar-refractivity contribution in [2.24, 2.45) is 7.05 Å². The van der Waals surface area contributed by atoms with Gasteiger partial charge in [0.1, 0.15) is 11.8 Å². The number of nitrogens with one attached hydrogen (secondary N) is 2. The third kappa shape index (κ3) is 3.30. The van der Waals surface area contributed by atoms with Crippen LogP contribution in [0.1, 0.15) is 16.2 Å². The van der Waals surface area contributed by atoms with E-state index >= 15 is 0 Å². The van der Waals surface area contributed by atoms with E-state index in [0.717, 1.165) is 0 Å². The number of fused-ring (bicyclic) bond motifs is 1. The first-order valence-corrected chi connectivity index (χ1v) is 7.52. The van der Waals surface area contributed by atoms with Crippen molar-refractivity contribution in [1.82, 2.24) is 25.3 Å². The van der Waals surface area contributed by atoms with Gasteiger partial charge < -0.3 is 15.2 Å². The zero-order chi connectivity index (χ0) is 18.0. The smallest absolute Gasteiger partial charge is 0.326 e. The average Bonchev–Trinajstić information content (AvgIpc) is 3.19. The number of benzene rings is 1. The SMILES string of the molecule is COc1ccc2[nH]nc(C(=O)NC(Cc3ccnn3C)C(=O)O)c2c1. The monoisotopic (exact) mass is 343 g/mol. The first kappa shape index (κ1) is 16.5. The van der Waals surface area contributed by atoms with Crippen LogP contribution in [0.4, 0.5) is 0 Å². The molecule has 0 saturated heterocycles. The van der Waals surface area contributed by atoms with E-state index < -0.39 is 17.9 Å². The molecular formula is C16H17N5O4. The largest absolute Gasteiger partial charge is 0.497 e. The fourth-order valence-corrected chi connectivity index (χ4v) is 2.53. The Hall–Kier alpha value is -3.36. The summed E-state index contributed by atoms with van der Waals surface area (Å²) in [4.78, 5) is 24.0. The van der Waals surface area contributed by atoms with Crippen LogP contribution in [0.3, 0.4) is 0 Å². The van der Waals surface area contributed by atoms with Crippen molar-refractivity contribution in [3.8, 4) is 5.75 Å². The van der Waals surface area contributed by atoms with Crippen molar-refractivity contribution in [2.45, 2.75) is 12.5 Å². The molecule has 1 aromatic carbocycles. The molecule has 9 nitrogen and oxygen atoms in total. The van der Waals surface area contributed by atoms with E-state index in [9.17, 15) is 14.7 Å². The predicted octanol–water partition coefficient (Wildman–Crippen LogP) is 0.731. The van der Waals surface area contributed by atoms with Gasteiger partial charge in [0.25, 0.3) is 5.91 Å². The molecule has 0 aliphatic rings. The quantitative estimate of drug-likeness (QED) is 0.606. The number of aromatic nitrogens is 4. The van der Waals surface area contributed by atoms with E-state index in [1.165, 1.54) is 7.11 Å². The molecule has 0 spiro atoms. The van der Waals surface area contributed by atoms with Crippen LogP contribution < -0.4 is 10.1 Å². The number of H-pyrrole nitrogens is 1. The topological polar surface area (TPSA) is 122 Å². The van der Waals surface area contributed by atoms with E-state index in [0.29, 0.717) is 22.3 Å². The van der Waals surface area contributed by atoms with Crippen LogP contribution in [0.25, 0.3) is 10.9 Å². The normalized spacial score (nSPS) is 12.1. The molecule has 3 aromatic rings. The summed E-state index contributed by atoms with van der Waals surface area (Å²) in [5, 5.41) is 23.2. The van der Waals surface area contributed by atoms with Gasteiger partial charge in [0.2, 0.25) is 0 Å². The Morgan fingerprint density at radius 2 is 2.20 bits per heavy atom. The number of ether oxygens (including phenoxy) is 1. The van der Waals surface area contributed by atoms with Gasteiger partial charge in [0.05, 0.1) is 12.6 Å². The summed E-state index contributed by atoms with van der Waals surface area (Å²) >= 11 is 0. The van der Waals surface area contributed by atoms with Crippen molar-refractivity contribution in [3.05, 3.63) is 41.9 Å². The Labute approximate surface area is 142 Å². The molecule has 1 atom stereocenters. The van der Waals surface area contributed by atoms with Crippen LogP contribution in [0.5, 0.6) is 5.75 Å². The first-order valence-electron chi connectivity index (χ1n) is 7.52. The molecule has 0 saturated carbocycles. The van der Waals surface area contributed by atoms with Crippen LogP contribution in [0.2, 0.25) is 0 Å². The number of hydrogen-bond donors (Lipinski definition) is 3. The number of carboxylic acid groups (broad SMARTS) is 1. The van der Waals surface area contributed by atoms with Gasteiger partial charge in [-0.25, -0.2) is 4.79 Å². The Morgan fingerprint density at radius 3 is 2.84 bits per heavy atom. The van der Waals surface area contributed by atoms with Crippen molar-refractivity contribution >= 4 is 22.8 Å². The minimum Gasteiger partial charge on any atom is -0.497 e. The number of nitrogens with zero attached hydrogens (tertiary/aromatic N) is 3. The van der Waals surface area contributed by atoms with Gasteiger partial charge in [0.15, 0.2) is 5.69 Å². The van der Waals surface area contributed by atoms with E-state index in [1.807, 2.05) is 0 Å². The highest BCUT2D eigenvalue weighted by Crippen LogP contribution is 2.22. The average molecular weight is 343 g/mol. The summed E-state index contributed by atoms with van der Waals surface area (Å²) in [5.41, 5.74) is 1.47. The molecule has 3 N–H and O–H groups in total. The molecule has 0 fully saturated rings. The van der Waals surface area contributed by atoms with Gasteiger partial charge in [-0.2, -0.15) is 10.2 Å². The second kappa shape index (κ2) is 6.63. The molecule has 1 unspecified atom stereocenters. The Kier molecular flexibility index (Phi) is 4.38. The molecule has 1 amide bonds. The third-order valence-electron chi connectivity index (χ3n) is 3.92. The Morgan fingerprint density at radius 1 is 1.40 bits per heavy atom. The van der Waals surface area contributed by atoms with Gasteiger partial charge in [-0.1, -0.05) is 0 Å². The summed E-state index contributed by atoms with van der Waals surface area (Å²) in [7, 11) is 3.24. The number of carboxylic acids is 1. The minimum absolute atomic E-state index is 0.114. The van der Waals surface area contributed by atoms with Crippen LogP contribution in [0.15, 0.2) is 30.5 Å². The van der Waals surface area contributed by atoms with Crippen molar-refractivity contribution in [2.75, 3.05) is 7.11 Å². The summed E-state index contributed by atoms with van der Waals surface area (Å²) < 4.78 is 6.72. The van der Waals surface area contributed by atoms with Crippen LogP contribution >= 0.6 is 0 Å². The predicted molar refractivity (Wildman–Crippen MR) is 88.4 cm³/mol. The lowest BCUT2D eigenvalue weighted by molar-refractivity contribution is -0.139. The van der Waals surface area contributed by atoms with Crippen molar-refractivity contribution < 1.29 is 19.4 Å². The molecule has 0 aliphatic carbocycles.